The van der Waals surface area contributed by atoms with Gasteiger partial charge in [0.1, 0.15) is 5.82 Å². The minimum atomic E-state index is -5.02. The third-order valence-electron chi connectivity index (χ3n) is 3.67. The minimum Gasteiger partial charge on any atom is -0.341 e. The van der Waals surface area contributed by atoms with Crippen molar-refractivity contribution in [1.82, 2.24) is 9.62 Å². The molecule has 1 aromatic rings. The molecule has 0 radical (unpaired) electrons. The molecule has 0 aliphatic carbocycles. The number of hydrogen-bond acceptors (Lipinski definition) is 3. The molecule has 10 heteroatoms. The Kier molecular flexibility index (Phi) is 5.19. The van der Waals surface area contributed by atoms with Crippen LogP contribution >= 0.6 is 0 Å². The number of sulfonamides is 1. The molecule has 1 aliphatic heterocycles. The number of likely N-dealkylation sites (tertiary alicyclic amines) is 1. The highest BCUT2D eigenvalue weighted by Gasteiger charge is 2.36. The molecule has 0 saturated carbocycles. The Morgan fingerprint density at radius 1 is 1.25 bits per heavy atom. The lowest BCUT2D eigenvalue weighted by molar-refractivity contribution is -0.140. The van der Waals surface area contributed by atoms with E-state index in [0.717, 1.165) is 18.9 Å². The fraction of sp³-hybridized carbons (Fsp3) is 0.500. The van der Waals surface area contributed by atoms with Gasteiger partial charge in [0.05, 0.1) is 16.5 Å². The predicted molar refractivity (Wildman–Crippen MR) is 77.0 cm³/mol. The van der Waals surface area contributed by atoms with Crippen molar-refractivity contribution in [2.45, 2.75) is 36.9 Å². The highest BCUT2D eigenvalue weighted by Crippen LogP contribution is 2.32. The zero-order valence-corrected chi connectivity index (χ0v) is 13.5. The second-order valence-corrected chi connectivity index (χ2v) is 7.23. The van der Waals surface area contributed by atoms with E-state index in [2.05, 4.69) is 0 Å². The lowest BCUT2D eigenvalue weighted by atomic mass is 10.2. The van der Waals surface area contributed by atoms with Crippen molar-refractivity contribution >= 4 is 15.9 Å². The van der Waals surface area contributed by atoms with E-state index in [1.54, 1.807) is 0 Å². The Morgan fingerprint density at radius 3 is 2.38 bits per heavy atom. The summed E-state index contributed by atoms with van der Waals surface area (Å²) in [6.45, 7) is 2.34. The predicted octanol–water partition coefficient (Wildman–Crippen LogP) is 2.13. The first kappa shape index (κ1) is 18.7. The van der Waals surface area contributed by atoms with Crippen LogP contribution in [0.5, 0.6) is 0 Å². The number of carbonyl (C=O) groups excluding carboxylic acids is 1. The van der Waals surface area contributed by atoms with Crippen LogP contribution in [0.1, 0.15) is 25.3 Å². The Hall–Kier alpha value is -1.68. The van der Waals surface area contributed by atoms with Gasteiger partial charge in [0.2, 0.25) is 15.9 Å². The molecule has 1 amide bonds. The SMILES string of the molecule is C[C@H](NS(=O)(=O)c1ccc(F)c(C(F)(F)F)c1)C(=O)N1CCCC1. The number of amides is 1. The summed E-state index contributed by atoms with van der Waals surface area (Å²) < 4.78 is 77.7. The van der Waals surface area contributed by atoms with Crippen LogP contribution in [0, 0.1) is 5.82 Å². The molecule has 1 N–H and O–H groups in total. The fourth-order valence-corrected chi connectivity index (χ4v) is 3.67. The largest absolute Gasteiger partial charge is 0.419 e. The molecule has 1 aliphatic rings. The highest BCUT2D eigenvalue weighted by atomic mass is 32.2. The molecule has 0 bridgehead atoms. The summed E-state index contributed by atoms with van der Waals surface area (Å²) in [6.07, 6.45) is -3.39. The van der Waals surface area contributed by atoms with Gasteiger partial charge < -0.3 is 4.90 Å². The summed E-state index contributed by atoms with van der Waals surface area (Å²) in [4.78, 5) is 12.8. The van der Waals surface area contributed by atoms with E-state index >= 15 is 0 Å². The molecule has 1 saturated heterocycles. The van der Waals surface area contributed by atoms with Gasteiger partial charge in [-0.25, -0.2) is 12.8 Å². The zero-order valence-electron chi connectivity index (χ0n) is 12.7. The van der Waals surface area contributed by atoms with Crippen molar-refractivity contribution in [3.8, 4) is 0 Å². The maximum Gasteiger partial charge on any atom is 0.419 e. The summed E-state index contributed by atoms with van der Waals surface area (Å²) in [5.74, 6) is -2.02. The van der Waals surface area contributed by atoms with E-state index in [4.69, 9.17) is 0 Å². The number of nitrogens with zero attached hydrogens (tertiary/aromatic N) is 1. The molecule has 0 spiro atoms. The van der Waals surface area contributed by atoms with Crippen LogP contribution in [-0.2, 0) is 21.0 Å². The number of rotatable bonds is 4. The minimum absolute atomic E-state index is 0.213. The van der Waals surface area contributed by atoms with E-state index in [1.807, 2.05) is 4.72 Å². The van der Waals surface area contributed by atoms with Crippen molar-refractivity contribution in [3.05, 3.63) is 29.6 Å². The van der Waals surface area contributed by atoms with Crippen LogP contribution in [0.4, 0.5) is 17.6 Å². The molecule has 2 rings (SSSR count). The third-order valence-corrected chi connectivity index (χ3v) is 5.21. The van der Waals surface area contributed by atoms with Gasteiger partial charge in [0, 0.05) is 13.1 Å². The highest BCUT2D eigenvalue weighted by molar-refractivity contribution is 7.89. The van der Waals surface area contributed by atoms with Crippen LogP contribution in [0.25, 0.3) is 0 Å². The van der Waals surface area contributed by atoms with E-state index in [1.165, 1.54) is 11.8 Å². The Balaban J connectivity index is 2.22. The maximum absolute atomic E-state index is 13.3. The molecule has 24 heavy (non-hydrogen) atoms. The van der Waals surface area contributed by atoms with Gasteiger partial charge in [-0.15, -0.1) is 0 Å². The van der Waals surface area contributed by atoms with E-state index < -0.39 is 44.4 Å². The number of hydrogen-bond donors (Lipinski definition) is 1. The van der Waals surface area contributed by atoms with E-state index in [0.29, 0.717) is 19.2 Å². The molecule has 1 atom stereocenters. The van der Waals surface area contributed by atoms with Crippen LogP contribution in [-0.4, -0.2) is 38.4 Å². The first-order valence-electron chi connectivity index (χ1n) is 7.20. The third kappa shape index (κ3) is 4.04. The van der Waals surface area contributed by atoms with E-state index in [9.17, 15) is 30.8 Å². The maximum atomic E-state index is 13.3. The summed E-state index contributed by atoms with van der Waals surface area (Å²) in [7, 11) is -4.40. The molecule has 1 heterocycles. The standard InChI is InChI=1S/C14H16F4N2O3S/c1-9(13(21)20-6-2-3-7-20)19-24(22,23)10-4-5-12(15)11(8-10)14(16,17)18/h4-5,8-9,19H,2-3,6-7H2,1H3/t9-/m0/s1. The normalized spacial score (nSPS) is 17.1. The molecule has 1 aromatic carbocycles. The topological polar surface area (TPSA) is 66.5 Å². The van der Waals surface area contributed by atoms with Crippen LogP contribution in [0.3, 0.4) is 0 Å². The van der Waals surface area contributed by atoms with Gasteiger partial charge in [-0.1, -0.05) is 0 Å². The summed E-state index contributed by atoms with van der Waals surface area (Å²) >= 11 is 0. The van der Waals surface area contributed by atoms with Gasteiger partial charge in [-0.05, 0) is 38.0 Å². The first-order chi connectivity index (χ1) is 11.0. The van der Waals surface area contributed by atoms with Crippen molar-refractivity contribution in [2.75, 3.05) is 13.1 Å². The number of alkyl halides is 3. The van der Waals surface area contributed by atoms with Crippen molar-refractivity contribution in [2.24, 2.45) is 0 Å². The Bertz CT molecular complexity index is 728. The van der Waals surface area contributed by atoms with Gasteiger partial charge in [0.25, 0.3) is 0 Å². The number of carbonyl (C=O) groups is 1. The monoisotopic (exact) mass is 368 g/mol. The van der Waals surface area contributed by atoms with Gasteiger partial charge in [0.15, 0.2) is 0 Å². The summed E-state index contributed by atoms with van der Waals surface area (Å²) in [5.41, 5.74) is -1.68. The van der Waals surface area contributed by atoms with E-state index in [-0.39, 0.29) is 6.07 Å². The van der Waals surface area contributed by atoms with Crippen LogP contribution in [0.2, 0.25) is 0 Å². The van der Waals surface area contributed by atoms with Gasteiger partial charge in [-0.2, -0.15) is 17.9 Å². The molecular weight excluding hydrogens is 352 g/mol. The quantitative estimate of drug-likeness (QED) is 0.828. The number of benzene rings is 1. The smallest absolute Gasteiger partial charge is 0.341 e. The lowest BCUT2D eigenvalue weighted by Crippen LogP contribution is -2.45. The second kappa shape index (κ2) is 6.67. The molecule has 0 aromatic heterocycles. The van der Waals surface area contributed by atoms with Crippen LogP contribution in [0.15, 0.2) is 23.1 Å². The molecular formula is C14H16F4N2O3S. The Labute approximate surface area is 136 Å². The molecule has 0 unspecified atom stereocenters. The number of halogens is 4. The Morgan fingerprint density at radius 2 is 1.83 bits per heavy atom. The van der Waals surface area contributed by atoms with Crippen LogP contribution < -0.4 is 4.72 Å². The van der Waals surface area contributed by atoms with Gasteiger partial charge in [-0.3, -0.25) is 4.79 Å². The molecule has 5 nitrogen and oxygen atoms in total. The molecule has 1 fully saturated rings. The van der Waals surface area contributed by atoms with Crippen molar-refractivity contribution < 1.29 is 30.8 Å². The molecule has 134 valence electrons. The van der Waals surface area contributed by atoms with Crippen molar-refractivity contribution in [3.63, 3.8) is 0 Å². The summed E-state index contributed by atoms with van der Waals surface area (Å²) in [5, 5.41) is 0. The van der Waals surface area contributed by atoms with Gasteiger partial charge >= 0.3 is 6.18 Å². The first-order valence-corrected chi connectivity index (χ1v) is 8.68. The fourth-order valence-electron chi connectivity index (χ4n) is 2.45. The summed E-state index contributed by atoms with van der Waals surface area (Å²) in [6, 6.07) is 0.238. The average molecular weight is 368 g/mol. The zero-order chi connectivity index (χ0) is 18.1. The average Bonchev–Trinajstić information content (AvgIpc) is 2.99. The number of nitrogens with one attached hydrogen (secondary N) is 1. The second-order valence-electron chi connectivity index (χ2n) is 5.51. The lowest BCUT2D eigenvalue weighted by Gasteiger charge is -2.21. The van der Waals surface area contributed by atoms with Crippen molar-refractivity contribution in [1.29, 1.82) is 0 Å².